The number of hydrogen-bond acceptors (Lipinski definition) is 4. The zero-order valence-electron chi connectivity index (χ0n) is 11.4. The lowest BCUT2D eigenvalue weighted by atomic mass is 9.66. The van der Waals surface area contributed by atoms with Gasteiger partial charge >= 0.3 is 0 Å². The van der Waals surface area contributed by atoms with Gasteiger partial charge in [0.1, 0.15) is 5.41 Å². The molecule has 0 aliphatic heterocycles. The number of amidine groups is 1. The Hall–Kier alpha value is -1.30. The Balaban J connectivity index is 2.06. The van der Waals surface area contributed by atoms with Crippen LogP contribution in [0, 0.1) is 5.41 Å². The van der Waals surface area contributed by atoms with E-state index >= 15 is 0 Å². The first kappa shape index (κ1) is 14.1. The first-order chi connectivity index (χ1) is 8.93. The Labute approximate surface area is 113 Å². The highest BCUT2D eigenvalue weighted by Gasteiger charge is 2.50. The third-order valence-corrected chi connectivity index (χ3v) is 4.63. The third kappa shape index (κ3) is 2.41. The van der Waals surface area contributed by atoms with Crippen molar-refractivity contribution in [3.05, 3.63) is 0 Å². The number of hydrogen-bond donors (Lipinski definition) is 3. The predicted octanol–water partition coefficient (Wildman–Crippen LogP) is 0.667. The van der Waals surface area contributed by atoms with Gasteiger partial charge in [-0.1, -0.05) is 24.4 Å². The van der Waals surface area contributed by atoms with Crippen LogP contribution in [-0.2, 0) is 4.79 Å². The number of rotatable bonds is 4. The molecule has 0 aromatic carbocycles. The van der Waals surface area contributed by atoms with Crippen LogP contribution < -0.4 is 5.73 Å². The lowest BCUT2D eigenvalue weighted by molar-refractivity contribution is -0.144. The Bertz CT molecular complexity index is 385. The van der Waals surface area contributed by atoms with Crippen LogP contribution in [0.1, 0.15) is 44.9 Å². The molecule has 0 atom stereocenters. The molecular weight excluding hydrogens is 246 g/mol. The molecule has 0 bridgehead atoms. The minimum atomic E-state index is -0.849. The summed E-state index contributed by atoms with van der Waals surface area (Å²) in [6.07, 6.45) is 5.62. The van der Waals surface area contributed by atoms with Crippen molar-refractivity contribution in [3.8, 4) is 0 Å². The summed E-state index contributed by atoms with van der Waals surface area (Å²) in [5.74, 6) is -0.150. The first-order valence-electron chi connectivity index (χ1n) is 6.89. The first-order valence-corrected chi connectivity index (χ1v) is 6.89. The highest BCUT2D eigenvalue weighted by atomic mass is 16.4. The quantitative estimate of drug-likeness (QED) is 0.302. The molecule has 1 amide bonds. The van der Waals surface area contributed by atoms with E-state index in [2.05, 4.69) is 5.16 Å². The molecule has 0 spiro atoms. The summed E-state index contributed by atoms with van der Waals surface area (Å²) in [5, 5.41) is 22.2. The molecule has 19 heavy (non-hydrogen) atoms. The molecule has 2 aliphatic carbocycles. The molecule has 6 nitrogen and oxygen atoms in total. The number of carbonyl (C=O) groups is 1. The monoisotopic (exact) mass is 269 g/mol. The average molecular weight is 269 g/mol. The summed E-state index contributed by atoms with van der Waals surface area (Å²) in [6, 6.07) is 0. The largest absolute Gasteiger partial charge is 0.409 e. The maximum atomic E-state index is 12.5. The average Bonchev–Trinajstić information content (AvgIpc) is 2.73. The Kier molecular flexibility index (Phi) is 3.71. The van der Waals surface area contributed by atoms with Crippen LogP contribution in [0.4, 0.5) is 0 Å². The standard InChI is InChI=1S/C13H23N3O3/c1-16(9-12(18)5-2-3-6-12)11(17)13(7-4-8-13)10(14)15-19/h18-19H,2-9H2,1H3,(H2,14,15). The molecule has 0 heterocycles. The van der Waals surface area contributed by atoms with Crippen molar-refractivity contribution in [1.29, 1.82) is 0 Å². The van der Waals surface area contributed by atoms with Gasteiger partial charge in [-0.25, -0.2) is 0 Å². The van der Waals surface area contributed by atoms with Crippen molar-refractivity contribution in [2.45, 2.75) is 50.5 Å². The van der Waals surface area contributed by atoms with E-state index in [4.69, 9.17) is 10.9 Å². The second kappa shape index (κ2) is 5.00. The molecule has 2 fully saturated rings. The van der Waals surface area contributed by atoms with E-state index in [1.54, 1.807) is 11.9 Å². The van der Waals surface area contributed by atoms with Gasteiger partial charge < -0.3 is 20.9 Å². The molecule has 108 valence electrons. The second-order valence-electron chi connectivity index (χ2n) is 6.01. The normalized spacial score (nSPS) is 24.8. The fraction of sp³-hybridized carbons (Fsp3) is 0.846. The van der Waals surface area contributed by atoms with Gasteiger partial charge in [0.05, 0.1) is 5.60 Å². The van der Waals surface area contributed by atoms with E-state index in [1.165, 1.54) is 0 Å². The van der Waals surface area contributed by atoms with Crippen LogP contribution in [0.2, 0.25) is 0 Å². The highest BCUT2D eigenvalue weighted by molar-refractivity contribution is 6.07. The predicted molar refractivity (Wildman–Crippen MR) is 70.7 cm³/mol. The molecule has 2 aliphatic rings. The van der Waals surface area contributed by atoms with E-state index < -0.39 is 11.0 Å². The van der Waals surface area contributed by atoms with Gasteiger partial charge in [-0.3, -0.25) is 4.79 Å². The number of carbonyl (C=O) groups excluding carboxylic acids is 1. The summed E-state index contributed by atoms with van der Waals surface area (Å²) >= 11 is 0. The van der Waals surface area contributed by atoms with E-state index in [9.17, 15) is 9.90 Å². The maximum absolute atomic E-state index is 12.5. The molecular formula is C13H23N3O3. The smallest absolute Gasteiger partial charge is 0.236 e. The Morgan fingerprint density at radius 1 is 1.26 bits per heavy atom. The van der Waals surface area contributed by atoms with Crippen LogP contribution in [0.5, 0.6) is 0 Å². The van der Waals surface area contributed by atoms with Gasteiger partial charge in [-0.05, 0) is 25.7 Å². The van der Waals surface area contributed by atoms with E-state index in [0.29, 0.717) is 19.4 Å². The van der Waals surface area contributed by atoms with Gasteiger partial charge in [-0.15, -0.1) is 0 Å². The van der Waals surface area contributed by atoms with Gasteiger partial charge in [0.15, 0.2) is 5.84 Å². The topological polar surface area (TPSA) is 99.2 Å². The summed E-state index contributed by atoms with van der Waals surface area (Å²) < 4.78 is 0. The highest BCUT2D eigenvalue weighted by Crippen LogP contribution is 2.43. The number of nitrogens with zero attached hydrogens (tertiary/aromatic N) is 2. The van der Waals surface area contributed by atoms with Gasteiger partial charge in [-0.2, -0.15) is 0 Å². The van der Waals surface area contributed by atoms with E-state index in [1.807, 2.05) is 0 Å². The van der Waals surface area contributed by atoms with Crippen LogP contribution in [0.15, 0.2) is 5.16 Å². The number of likely N-dealkylation sites (N-methyl/N-ethyl adjacent to an activating group) is 1. The Morgan fingerprint density at radius 2 is 1.84 bits per heavy atom. The summed E-state index contributed by atoms with van der Waals surface area (Å²) in [7, 11) is 1.68. The second-order valence-corrected chi connectivity index (χ2v) is 6.01. The number of amides is 1. The van der Waals surface area contributed by atoms with E-state index in [0.717, 1.165) is 32.1 Å². The lowest BCUT2D eigenvalue weighted by Gasteiger charge is -2.42. The fourth-order valence-electron chi connectivity index (χ4n) is 3.28. The van der Waals surface area contributed by atoms with Crippen molar-refractivity contribution >= 4 is 11.7 Å². The maximum Gasteiger partial charge on any atom is 0.236 e. The molecule has 0 unspecified atom stereocenters. The molecule has 0 aromatic heterocycles. The molecule has 2 saturated carbocycles. The van der Waals surface area contributed by atoms with Crippen molar-refractivity contribution in [2.75, 3.05) is 13.6 Å². The number of oxime groups is 1. The lowest BCUT2D eigenvalue weighted by Crippen LogP contribution is -2.56. The van der Waals surface area contributed by atoms with Crippen molar-refractivity contribution in [3.63, 3.8) is 0 Å². The van der Waals surface area contributed by atoms with Crippen molar-refractivity contribution in [1.82, 2.24) is 4.90 Å². The minimum Gasteiger partial charge on any atom is -0.409 e. The number of aliphatic hydroxyl groups is 1. The summed E-state index contributed by atoms with van der Waals surface area (Å²) in [4.78, 5) is 14.1. The SMILES string of the molecule is CN(CC1(O)CCCC1)C(=O)C1(C(N)=NO)CCC1. The van der Waals surface area contributed by atoms with Crippen molar-refractivity contribution < 1.29 is 15.1 Å². The van der Waals surface area contributed by atoms with Crippen LogP contribution in [-0.4, -0.2) is 46.1 Å². The van der Waals surface area contributed by atoms with Crippen LogP contribution in [0.3, 0.4) is 0 Å². The summed E-state index contributed by atoms with van der Waals surface area (Å²) in [5.41, 5.74) is 4.07. The van der Waals surface area contributed by atoms with Crippen LogP contribution in [0.25, 0.3) is 0 Å². The van der Waals surface area contributed by atoms with Crippen molar-refractivity contribution in [2.24, 2.45) is 16.3 Å². The van der Waals surface area contributed by atoms with E-state index in [-0.39, 0.29) is 11.7 Å². The van der Waals surface area contributed by atoms with Crippen LogP contribution >= 0.6 is 0 Å². The zero-order chi connectivity index (χ0) is 14.1. The molecule has 0 saturated heterocycles. The molecule has 2 rings (SSSR count). The summed E-state index contributed by atoms with van der Waals surface area (Å²) in [6.45, 7) is 0.326. The fourth-order valence-corrected chi connectivity index (χ4v) is 3.28. The van der Waals surface area contributed by atoms with Gasteiger partial charge in [0.25, 0.3) is 0 Å². The van der Waals surface area contributed by atoms with Gasteiger partial charge in [0, 0.05) is 13.6 Å². The molecule has 4 N–H and O–H groups in total. The molecule has 0 radical (unpaired) electrons. The molecule has 0 aromatic rings. The molecule has 6 heteroatoms. The van der Waals surface area contributed by atoms with Gasteiger partial charge in [0.2, 0.25) is 5.91 Å². The number of nitrogens with two attached hydrogens (primary N) is 1. The Morgan fingerprint density at radius 3 is 2.26 bits per heavy atom. The minimum absolute atomic E-state index is 0.00554. The zero-order valence-corrected chi connectivity index (χ0v) is 11.4. The third-order valence-electron chi connectivity index (χ3n) is 4.63.